The van der Waals surface area contributed by atoms with Gasteiger partial charge in [-0.25, -0.2) is 9.37 Å². The van der Waals surface area contributed by atoms with Gasteiger partial charge in [-0.15, -0.1) is 0 Å². The molecule has 0 bridgehead atoms. The number of anilines is 1. The van der Waals surface area contributed by atoms with Crippen LogP contribution in [0.5, 0.6) is 0 Å². The number of nitrogens with zero attached hydrogens (tertiary/aromatic N) is 2. The molecule has 1 N–H and O–H groups in total. The van der Waals surface area contributed by atoms with Crippen LogP contribution in [-0.2, 0) is 4.74 Å². The third-order valence-corrected chi connectivity index (χ3v) is 3.47. The molecule has 2 aromatic rings. The lowest BCUT2D eigenvalue weighted by molar-refractivity contribution is 0.0367. The number of rotatable bonds is 2. The molecule has 1 fully saturated rings. The van der Waals surface area contributed by atoms with Crippen LogP contribution >= 0.6 is 0 Å². The zero-order chi connectivity index (χ0) is 14.8. The van der Waals surface area contributed by atoms with Crippen LogP contribution in [0.3, 0.4) is 0 Å². The average Bonchev–Trinajstić information content (AvgIpc) is 2.47. The number of nitrogens with one attached hydrogen (secondary N) is 1. The number of hydrogen-bond acceptors (Lipinski definition) is 4. The van der Waals surface area contributed by atoms with Gasteiger partial charge in [0.05, 0.1) is 12.3 Å². The number of hydrogen-bond donors (Lipinski definition) is 1. The highest BCUT2D eigenvalue weighted by Gasteiger charge is 2.23. The van der Waals surface area contributed by atoms with Crippen molar-refractivity contribution in [1.29, 1.82) is 0 Å². The van der Waals surface area contributed by atoms with Crippen LogP contribution in [0.1, 0.15) is 17.6 Å². The first-order valence-corrected chi connectivity index (χ1v) is 6.82. The van der Waals surface area contributed by atoms with Crippen LogP contribution < -0.4 is 10.5 Å². The lowest BCUT2D eigenvalue weighted by Gasteiger charge is -2.34. The molecule has 0 saturated carbocycles. The van der Waals surface area contributed by atoms with Gasteiger partial charge in [-0.05, 0) is 31.2 Å². The van der Waals surface area contributed by atoms with Gasteiger partial charge in [0.1, 0.15) is 17.7 Å². The van der Waals surface area contributed by atoms with Crippen molar-refractivity contribution in [3.8, 4) is 0 Å². The molecule has 1 aliphatic heterocycles. The van der Waals surface area contributed by atoms with Crippen LogP contribution in [0.2, 0.25) is 0 Å². The van der Waals surface area contributed by atoms with Crippen LogP contribution in [0.4, 0.5) is 10.1 Å². The van der Waals surface area contributed by atoms with Crippen LogP contribution in [0, 0.1) is 12.7 Å². The van der Waals surface area contributed by atoms with Crippen LogP contribution in [0.15, 0.2) is 35.1 Å². The molecule has 5 nitrogen and oxygen atoms in total. The summed E-state index contributed by atoms with van der Waals surface area (Å²) in [6.45, 7) is 3.59. The van der Waals surface area contributed by atoms with Crippen molar-refractivity contribution >= 4 is 5.69 Å². The Morgan fingerprint density at radius 1 is 1.38 bits per heavy atom. The Morgan fingerprint density at radius 3 is 2.86 bits per heavy atom. The molecule has 21 heavy (non-hydrogen) atoms. The Balaban J connectivity index is 1.82. The molecule has 3 rings (SSSR count). The van der Waals surface area contributed by atoms with E-state index in [0.717, 1.165) is 12.2 Å². The second-order valence-corrected chi connectivity index (χ2v) is 5.04. The molecule has 0 spiro atoms. The number of ether oxygens (including phenoxy) is 1. The lowest BCUT2D eigenvalue weighted by Crippen LogP contribution is -2.39. The highest BCUT2D eigenvalue weighted by Crippen LogP contribution is 2.24. The molecule has 0 amide bonds. The number of morpholine rings is 1. The fourth-order valence-corrected chi connectivity index (χ4v) is 2.48. The Morgan fingerprint density at radius 2 is 2.14 bits per heavy atom. The largest absolute Gasteiger partial charge is 0.368 e. The first-order valence-electron chi connectivity index (χ1n) is 6.82. The van der Waals surface area contributed by atoms with E-state index < -0.39 is 0 Å². The predicted octanol–water partition coefficient (Wildman–Crippen LogP) is 1.80. The summed E-state index contributed by atoms with van der Waals surface area (Å²) >= 11 is 0. The van der Waals surface area contributed by atoms with Gasteiger partial charge in [-0.2, -0.15) is 0 Å². The molecule has 110 valence electrons. The van der Waals surface area contributed by atoms with E-state index in [1.54, 1.807) is 19.1 Å². The fraction of sp³-hybridized carbons (Fsp3) is 0.333. The molecule has 0 radical (unpaired) electrons. The van der Waals surface area contributed by atoms with Crippen molar-refractivity contribution in [2.75, 3.05) is 24.6 Å². The van der Waals surface area contributed by atoms with Gasteiger partial charge in [0.2, 0.25) is 0 Å². The van der Waals surface area contributed by atoms with Gasteiger partial charge in [-0.3, -0.25) is 4.79 Å². The summed E-state index contributed by atoms with van der Waals surface area (Å²) in [4.78, 5) is 20.6. The van der Waals surface area contributed by atoms with E-state index in [2.05, 4.69) is 14.9 Å². The van der Waals surface area contributed by atoms with E-state index in [1.807, 2.05) is 0 Å². The quantitative estimate of drug-likeness (QED) is 0.916. The van der Waals surface area contributed by atoms with E-state index >= 15 is 0 Å². The molecule has 1 atom stereocenters. The Hall–Kier alpha value is -2.21. The minimum atomic E-state index is -0.259. The summed E-state index contributed by atoms with van der Waals surface area (Å²) in [6.07, 6.45) is -0.259. The summed E-state index contributed by atoms with van der Waals surface area (Å²) in [5.74, 6) is 0.315. The Labute approximate surface area is 121 Å². The topological polar surface area (TPSA) is 58.2 Å². The smallest absolute Gasteiger partial charge is 0.251 e. The molecular formula is C15H16FN3O2. The number of benzene rings is 1. The average molecular weight is 289 g/mol. The normalized spacial score (nSPS) is 18.8. The number of aryl methyl sites for hydroxylation is 1. The van der Waals surface area contributed by atoms with Crippen molar-refractivity contribution in [2.24, 2.45) is 0 Å². The zero-order valence-electron chi connectivity index (χ0n) is 11.7. The van der Waals surface area contributed by atoms with Crippen LogP contribution in [-0.4, -0.2) is 29.7 Å². The van der Waals surface area contributed by atoms with Crippen molar-refractivity contribution < 1.29 is 9.13 Å². The number of H-pyrrole nitrogens is 1. The van der Waals surface area contributed by atoms with E-state index in [1.165, 1.54) is 18.2 Å². The van der Waals surface area contributed by atoms with E-state index in [0.29, 0.717) is 24.7 Å². The van der Waals surface area contributed by atoms with Crippen molar-refractivity contribution in [3.05, 3.63) is 58.0 Å². The second-order valence-electron chi connectivity index (χ2n) is 5.04. The van der Waals surface area contributed by atoms with Gasteiger partial charge in [0, 0.05) is 24.8 Å². The van der Waals surface area contributed by atoms with Crippen molar-refractivity contribution in [3.63, 3.8) is 0 Å². The first kappa shape index (κ1) is 13.8. The van der Waals surface area contributed by atoms with Crippen molar-refractivity contribution in [2.45, 2.75) is 13.0 Å². The second kappa shape index (κ2) is 5.65. The number of aromatic nitrogens is 2. The van der Waals surface area contributed by atoms with Gasteiger partial charge < -0.3 is 14.6 Å². The molecule has 2 heterocycles. The lowest BCUT2D eigenvalue weighted by atomic mass is 10.1. The summed E-state index contributed by atoms with van der Waals surface area (Å²) in [5, 5.41) is 0. The highest BCUT2D eigenvalue weighted by atomic mass is 19.1. The number of aromatic amines is 1. The third-order valence-electron chi connectivity index (χ3n) is 3.47. The minimum absolute atomic E-state index is 0.181. The van der Waals surface area contributed by atoms with Crippen molar-refractivity contribution in [1.82, 2.24) is 9.97 Å². The Kier molecular flexibility index (Phi) is 3.70. The minimum Gasteiger partial charge on any atom is -0.368 e. The first-order chi connectivity index (χ1) is 10.1. The summed E-state index contributed by atoms with van der Waals surface area (Å²) in [5.41, 5.74) is 1.38. The Bertz CT molecular complexity index is 684. The molecule has 1 aromatic heterocycles. The maximum atomic E-state index is 13.0. The molecular weight excluding hydrogens is 273 g/mol. The number of halogens is 1. The van der Waals surface area contributed by atoms with E-state index in [-0.39, 0.29) is 17.5 Å². The van der Waals surface area contributed by atoms with Gasteiger partial charge in [0.25, 0.3) is 5.56 Å². The summed E-state index contributed by atoms with van der Waals surface area (Å²) < 4.78 is 18.7. The maximum Gasteiger partial charge on any atom is 0.251 e. The standard InChI is InChI=1S/C15H16FN3O2/c1-10-17-13(8-15(20)18-10)14-9-19(6-7-21-14)12-4-2-11(16)3-5-12/h2-5,8,14H,6-7,9H2,1H3,(H,17,18,20)/t14-/m0/s1. The molecule has 0 aliphatic carbocycles. The van der Waals surface area contributed by atoms with E-state index in [4.69, 9.17) is 4.74 Å². The molecule has 1 aliphatic rings. The maximum absolute atomic E-state index is 13.0. The molecule has 0 unspecified atom stereocenters. The molecule has 1 aromatic carbocycles. The van der Waals surface area contributed by atoms with E-state index in [9.17, 15) is 9.18 Å². The van der Waals surface area contributed by atoms with Gasteiger partial charge >= 0.3 is 0 Å². The summed E-state index contributed by atoms with van der Waals surface area (Å²) in [7, 11) is 0. The molecule has 6 heteroatoms. The van der Waals surface area contributed by atoms with Gasteiger partial charge in [0.15, 0.2) is 0 Å². The fourth-order valence-electron chi connectivity index (χ4n) is 2.48. The van der Waals surface area contributed by atoms with Gasteiger partial charge in [-0.1, -0.05) is 0 Å². The highest BCUT2D eigenvalue weighted by molar-refractivity contribution is 5.47. The monoisotopic (exact) mass is 289 g/mol. The molecule has 1 saturated heterocycles. The van der Waals surface area contributed by atoms with Crippen LogP contribution in [0.25, 0.3) is 0 Å². The SMILES string of the molecule is Cc1nc([C@@H]2CN(c3ccc(F)cc3)CCO2)cc(=O)[nH]1. The third kappa shape index (κ3) is 3.11. The zero-order valence-corrected chi connectivity index (χ0v) is 11.7. The predicted molar refractivity (Wildman–Crippen MR) is 76.9 cm³/mol. The summed E-state index contributed by atoms with van der Waals surface area (Å²) in [6, 6.07) is 7.83.